The average Bonchev–Trinajstić information content (AvgIpc) is 2.52. The number of nitrogens with one attached hydrogen (secondary N) is 1. The molecule has 0 fully saturated rings. The van der Waals surface area contributed by atoms with Crippen molar-refractivity contribution in [2.75, 3.05) is 5.32 Å². The first-order valence-corrected chi connectivity index (χ1v) is 7.91. The van der Waals surface area contributed by atoms with Crippen LogP contribution < -0.4 is 11.1 Å². The molecule has 0 aliphatic heterocycles. The highest BCUT2D eigenvalue weighted by Crippen LogP contribution is 2.33. The van der Waals surface area contributed by atoms with Gasteiger partial charge in [0, 0.05) is 10.4 Å². The molecular weight excluding hydrogens is 353 g/mol. The smallest absolute Gasteiger partial charge is 0.198 e. The standard InChI is InChI=1S/C17H12Cl3N3/c18-11-8-13(19)16(20)15(9-11)23-17(21)22-14-7-3-5-10-4-1-2-6-12(10)14/h1-9H,(H3,21,22,23). The lowest BCUT2D eigenvalue weighted by Gasteiger charge is -2.10. The fourth-order valence-electron chi connectivity index (χ4n) is 2.25. The van der Waals surface area contributed by atoms with Gasteiger partial charge in [0.15, 0.2) is 5.96 Å². The van der Waals surface area contributed by atoms with Gasteiger partial charge in [0.2, 0.25) is 0 Å². The van der Waals surface area contributed by atoms with Crippen molar-refractivity contribution < 1.29 is 0 Å². The summed E-state index contributed by atoms with van der Waals surface area (Å²) in [6, 6.07) is 17.0. The highest BCUT2D eigenvalue weighted by atomic mass is 35.5. The summed E-state index contributed by atoms with van der Waals surface area (Å²) in [4.78, 5) is 4.42. The number of halogens is 3. The van der Waals surface area contributed by atoms with Crippen LogP contribution in [-0.2, 0) is 0 Å². The molecule has 0 spiro atoms. The first kappa shape index (κ1) is 15.9. The van der Waals surface area contributed by atoms with Crippen LogP contribution in [0.4, 0.5) is 11.4 Å². The van der Waals surface area contributed by atoms with Gasteiger partial charge in [-0.1, -0.05) is 71.2 Å². The predicted octanol–water partition coefficient (Wildman–Crippen LogP) is 5.86. The van der Waals surface area contributed by atoms with E-state index in [2.05, 4.69) is 10.3 Å². The molecule has 3 nitrogen and oxygen atoms in total. The number of fused-ring (bicyclic) bond motifs is 1. The van der Waals surface area contributed by atoms with Crippen molar-refractivity contribution in [3.63, 3.8) is 0 Å². The zero-order chi connectivity index (χ0) is 16.4. The van der Waals surface area contributed by atoms with Crippen LogP contribution in [0, 0.1) is 0 Å². The lowest BCUT2D eigenvalue weighted by Crippen LogP contribution is -2.22. The molecule has 0 bridgehead atoms. The van der Waals surface area contributed by atoms with Gasteiger partial charge in [0.1, 0.15) is 0 Å². The molecule has 23 heavy (non-hydrogen) atoms. The molecule has 0 saturated heterocycles. The van der Waals surface area contributed by atoms with Gasteiger partial charge in [-0.15, -0.1) is 0 Å². The number of benzene rings is 3. The minimum Gasteiger partial charge on any atom is -0.369 e. The second-order valence-electron chi connectivity index (χ2n) is 4.87. The van der Waals surface area contributed by atoms with Gasteiger partial charge in [-0.25, -0.2) is 4.99 Å². The fraction of sp³-hybridized carbons (Fsp3) is 0. The van der Waals surface area contributed by atoms with Gasteiger partial charge in [0.25, 0.3) is 0 Å². The van der Waals surface area contributed by atoms with Crippen LogP contribution in [0.5, 0.6) is 0 Å². The topological polar surface area (TPSA) is 50.4 Å². The third-order valence-electron chi connectivity index (χ3n) is 3.26. The van der Waals surface area contributed by atoms with Crippen molar-refractivity contribution in [2.45, 2.75) is 0 Å². The molecule has 0 aromatic heterocycles. The Morgan fingerprint density at radius 2 is 1.70 bits per heavy atom. The Kier molecular flexibility index (Phi) is 4.62. The van der Waals surface area contributed by atoms with Gasteiger partial charge in [-0.3, -0.25) is 0 Å². The Balaban J connectivity index is 1.97. The van der Waals surface area contributed by atoms with E-state index in [1.165, 1.54) is 0 Å². The zero-order valence-electron chi connectivity index (χ0n) is 11.9. The van der Waals surface area contributed by atoms with E-state index < -0.39 is 0 Å². The van der Waals surface area contributed by atoms with Crippen LogP contribution in [-0.4, -0.2) is 5.96 Å². The quantitative estimate of drug-likeness (QED) is 0.340. The zero-order valence-corrected chi connectivity index (χ0v) is 14.1. The summed E-state index contributed by atoms with van der Waals surface area (Å²) in [5.41, 5.74) is 7.26. The van der Waals surface area contributed by atoms with Gasteiger partial charge in [-0.05, 0) is 23.6 Å². The molecule has 0 radical (unpaired) electrons. The maximum absolute atomic E-state index is 6.14. The van der Waals surface area contributed by atoms with E-state index in [9.17, 15) is 0 Å². The summed E-state index contributed by atoms with van der Waals surface area (Å²) < 4.78 is 0. The first-order valence-electron chi connectivity index (χ1n) is 6.78. The lowest BCUT2D eigenvalue weighted by atomic mass is 10.1. The van der Waals surface area contributed by atoms with Crippen LogP contribution >= 0.6 is 34.8 Å². The molecule has 116 valence electrons. The summed E-state index contributed by atoms with van der Waals surface area (Å²) in [6.07, 6.45) is 0. The Labute approximate surface area is 148 Å². The maximum Gasteiger partial charge on any atom is 0.198 e. The second kappa shape index (κ2) is 6.67. The van der Waals surface area contributed by atoms with Crippen LogP contribution in [0.15, 0.2) is 59.6 Å². The summed E-state index contributed by atoms with van der Waals surface area (Å²) in [5, 5.41) is 6.17. The van der Waals surface area contributed by atoms with E-state index in [0.29, 0.717) is 20.8 Å². The summed E-state index contributed by atoms with van der Waals surface area (Å²) in [5.74, 6) is 0.196. The van der Waals surface area contributed by atoms with E-state index in [-0.39, 0.29) is 5.96 Å². The Hall–Kier alpha value is -1.94. The molecule has 0 aliphatic rings. The van der Waals surface area contributed by atoms with Gasteiger partial charge < -0.3 is 11.1 Å². The van der Waals surface area contributed by atoms with Crippen molar-refractivity contribution in [2.24, 2.45) is 10.7 Å². The number of anilines is 1. The van der Waals surface area contributed by atoms with Crippen molar-refractivity contribution in [1.29, 1.82) is 0 Å². The summed E-state index contributed by atoms with van der Waals surface area (Å²) >= 11 is 18.1. The molecule has 3 N–H and O–H groups in total. The lowest BCUT2D eigenvalue weighted by molar-refractivity contribution is 1.46. The number of rotatable bonds is 2. The highest BCUT2D eigenvalue weighted by Gasteiger charge is 2.08. The van der Waals surface area contributed by atoms with Crippen LogP contribution in [0.3, 0.4) is 0 Å². The van der Waals surface area contributed by atoms with E-state index >= 15 is 0 Å². The third-order valence-corrected chi connectivity index (χ3v) is 4.28. The molecule has 3 aromatic rings. The number of hydrogen-bond donors (Lipinski definition) is 2. The largest absolute Gasteiger partial charge is 0.369 e. The number of aliphatic imine (C=N–C) groups is 1. The molecule has 3 rings (SSSR count). The molecule has 0 saturated carbocycles. The van der Waals surface area contributed by atoms with Gasteiger partial charge in [0.05, 0.1) is 21.4 Å². The van der Waals surface area contributed by atoms with E-state index in [4.69, 9.17) is 40.5 Å². The Morgan fingerprint density at radius 1 is 0.957 bits per heavy atom. The summed E-state index contributed by atoms with van der Waals surface area (Å²) in [7, 11) is 0. The average molecular weight is 365 g/mol. The molecule has 0 unspecified atom stereocenters. The molecule has 0 amide bonds. The van der Waals surface area contributed by atoms with E-state index in [1.54, 1.807) is 12.1 Å². The molecule has 0 aliphatic carbocycles. The normalized spacial score (nSPS) is 11.7. The SMILES string of the molecule is NC(=Nc1cccc2ccccc12)Nc1cc(Cl)cc(Cl)c1Cl. The molecule has 3 aromatic carbocycles. The minimum atomic E-state index is 0.196. The van der Waals surface area contributed by atoms with E-state index in [1.807, 2.05) is 42.5 Å². The van der Waals surface area contributed by atoms with Gasteiger partial charge in [-0.2, -0.15) is 0 Å². The Bertz CT molecular complexity index is 901. The number of guanidine groups is 1. The predicted molar refractivity (Wildman–Crippen MR) is 100 cm³/mol. The number of hydrogen-bond acceptors (Lipinski definition) is 1. The van der Waals surface area contributed by atoms with E-state index in [0.717, 1.165) is 16.5 Å². The van der Waals surface area contributed by atoms with Crippen molar-refractivity contribution in [3.05, 3.63) is 69.7 Å². The van der Waals surface area contributed by atoms with Crippen LogP contribution in [0.1, 0.15) is 0 Å². The molecule has 0 heterocycles. The van der Waals surface area contributed by atoms with Crippen molar-refractivity contribution in [1.82, 2.24) is 0 Å². The molecular formula is C17H12Cl3N3. The third kappa shape index (κ3) is 3.53. The second-order valence-corrected chi connectivity index (χ2v) is 6.09. The fourth-order valence-corrected chi connectivity index (χ4v) is 2.90. The van der Waals surface area contributed by atoms with Crippen molar-refractivity contribution >= 4 is 62.9 Å². The van der Waals surface area contributed by atoms with Crippen LogP contribution in [0.2, 0.25) is 15.1 Å². The maximum atomic E-state index is 6.14. The Morgan fingerprint density at radius 3 is 2.52 bits per heavy atom. The highest BCUT2D eigenvalue weighted by molar-refractivity contribution is 6.45. The summed E-state index contributed by atoms with van der Waals surface area (Å²) in [6.45, 7) is 0. The molecule has 0 atom stereocenters. The van der Waals surface area contributed by atoms with Crippen molar-refractivity contribution in [3.8, 4) is 0 Å². The minimum absolute atomic E-state index is 0.196. The van der Waals surface area contributed by atoms with Crippen LogP contribution in [0.25, 0.3) is 10.8 Å². The monoisotopic (exact) mass is 363 g/mol. The number of nitrogens with two attached hydrogens (primary N) is 1. The number of nitrogens with zero attached hydrogens (tertiary/aromatic N) is 1. The first-order chi connectivity index (χ1) is 11.0. The van der Waals surface area contributed by atoms with Gasteiger partial charge >= 0.3 is 0 Å². The molecule has 6 heteroatoms.